The number of nitrogens with one attached hydrogen (secondary N) is 1. The van der Waals surface area contributed by atoms with Crippen molar-refractivity contribution in [2.75, 3.05) is 10.2 Å². The van der Waals surface area contributed by atoms with Crippen LogP contribution in [0.2, 0.25) is 15.1 Å². The Kier molecular flexibility index (Phi) is 7.34. The van der Waals surface area contributed by atoms with Crippen LogP contribution in [0.15, 0.2) is 97.1 Å². The average molecular weight is 645 g/mol. The van der Waals surface area contributed by atoms with Crippen LogP contribution in [-0.4, -0.2) is 11.0 Å². The van der Waals surface area contributed by atoms with Crippen LogP contribution in [0, 0.1) is 3.57 Å². The first kappa shape index (κ1) is 24.8. The second-order valence-corrected chi connectivity index (χ2v) is 10.3. The zero-order chi connectivity index (χ0) is 25.2. The molecule has 0 spiro atoms. The number of hydrogen-bond acceptors (Lipinski definition) is 2. The topological polar surface area (TPSA) is 45.2 Å². The molecule has 5 rings (SSSR count). The summed E-state index contributed by atoms with van der Waals surface area (Å²) in [6.07, 6.45) is 0. The number of halogens is 4. The van der Waals surface area contributed by atoms with Crippen LogP contribution < -0.4 is 10.2 Å². The number of anilines is 3. The maximum atomic E-state index is 13.8. The minimum atomic E-state index is -0.395. The predicted molar refractivity (Wildman–Crippen MR) is 159 cm³/mol. The van der Waals surface area contributed by atoms with Crippen molar-refractivity contribution in [3.8, 4) is 11.3 Å². The summed E-state index contributed by atoms with van der Waals surface area (Å²) in [6, 6.07) is 29.0. The van der Waals surface area contributed by atoms with Gasteiger partial charge in [-0.3, -0.25) is 0 Å². The molecule has 0 saturated heterocycles. The van der Waals surface area contributed by atoms with Gasteiger partial charge < -0.3 is 5.32 Å². The molecule has 2 amide bonds. The van der Waals surface area contributed by atoms with E-state index in [0.29, 0.717) is 32.3 Å². The molecule has 0 saturated carbocycles. The molecule has 0 atom stereocenters. The number of amides is 2. The molecule has 0 aliphatic carbocycles. The summed E-state index contributed by atoms with van der Waals surface area (Å²) in [4.78, 5) is 20.4. The average Bonchev–Trinajstić information content (AvgIpc) is 2.88. The highest BCUT2D eigenvalue weighted by Crippen LogP contribution is 2.39. The van der Waals surface area contributed by atoms with Crippen LogP contribution >= 0.6 is 57.4 Å². The standard InChI is InChI=1S/C28H17Cl3IN3O/c29-18-6-11-21(12-7-18)33-28(36)35(22-13-8-19(30)9-14-22)27-24-16-20(31)10-15-23(24)25(32)26(34-27)17-4-2-1-3-5-17/h1-16H,(H,33,36). The molecule has 0 unspecified atom stereocenters. The predicted octanol–water partition coefficient (Wildman–Crippen LogP) is 9.84. The van der Waals surface area contributed by atoms with Crippen molar-refractivity contribution in [1.82, 2.24) is 4.98 Å². The molecule has 0 radical (unpaired) electrons. The fourth-order valence-electron chi connectivity index (χ4n) is 3.83. The monoisotopic (exact) mass is 643 g/mol. The first-order valence-electron chi connectivity index (χ1n) is 10.9. The Hall–Kier alpha value is -2.84. The normalized spacial score (nSPS) is 10.9. The Balaban J connectivity index is 1.75. The van der Waals surface area contributed by atoms with Crippen molar-refractivity contribution in [3.63, 3.8) is 0 Å². The maximum absolute atomic E-state index is 13.8. The summed E-state index contributed by atoms with van der Waals surface area (Å²) in [7, 11) is 0. The number of rotatable bonds is 4. The first-order valence-corrected chi connectivity index (χ1v) is 13.1. The lowest BCUT2D eigenvalue weighted by Gasteiger charge is -2.25. The van der Waals surface area contributed by atoms with E-state index < -0.39 is 6.03 Å². The molecule has 0 aliphatic rings. The van der Waals surface area contributed by atoms with E-state index in [0.717, 1.165) is 25.6 Å². The number of carbonyl (C=O) groups is 1. The van der Waals surface area contributed by atoms with Crippen molar-refractivity contribution >= 4 is 91.4 Å². The van der Waals surface area contributed by atoms with E-state index in [4.69, 9.17) is 39.8 Å². The third-order valence-corrected chi connectivity index (χ3v) is 7.36. The first-order chi connectivity index (χ1) is 17.4. The summed E-state index contributed by atoms with van der Waals surface area (Å²) in [6.45, 7) is 0. The van der Waals surface area contributed by atoms with Crippen LogP contribution in [0.25, 0.3) is 22.0 Å². The molecule has 36 heavy (non-hydrogen) atoms. The summed E-state index contributed by atoms with van der Waals surface area (Å²) in [5.74, 6) is 0.445. The maximum Gasteiger partial charge on any atom is 0.332 e. The summed E-state index contributed by atoms with van der Waals surface area (Å²) in [5, 5.41) is 6.31. The largest absolute Gasteiger partial charge is 0.332 e. The quantitative estimate of drug-likeness (QED) is 0.198. The fourth-order valence-corrected chi connectivity index (χ4v) is 5.16. The van der Waals surface area contributed by atoms with Gasteiger partial charge in [-0.2, -0.15) is 0 Å². The van der Waals surface area contributed by atoms with E-state index in [1.54, 1.807) is 48.5 Å². The van der Waals surface area contributed by atoms with Gasteiger partial charge in [-0.25, -0.2) is 14.7 Å². The van der Waals surface area contributed by atoms with Gasteiger partial charge in [0.15, 0.2) is 0 Å². The van der Waals surface area contributed by atoms with Crippen LogP contribution in [0.4, 0.5) is 22.0 Å². The number of urea groups is 1. The molecular weight excluding hydrogens is 628 g/mol. The molecule has 0 aliphatic heterocycles. The molecule has 1 aromatic heterocycles. The van der Waals surface area contributed by atoms with Gasteiger partial charge in [-0.05, 0) is 83.3 Å². The Morgan fingerprint density at radius 2 is 1.36 bits per heavy atom. The Morgan fingerprint density at radius 3 is 2.03 bits per heavy atom. The van der Waals surface area contributed by atoms with Gasteiger partial charge >= 0.3 is 6.03 Å². The number of hydrogen-bond donors (Lipinski definition) is 1. The van der Waals surface area contributed by atoms with Gasteiger partial charge in [0.2, 0.25) is 0 Å². The number of carbonyl (C=O) groups excluding carboxylic acids is 1. The van der Waals surface area contributed by atoms with Crippen molar-refractivity contribution in [2.24, 2.45) is 0 Å². The van der Waals surface area contributed by atoms with Crippen molar-refractivity contribution in [1.29, 1.82) is 0 Å². The number of aromatic nitrogens is 1. The van der Waals surface area contributed by atoms with E-state index in [9.17, 15) is 4.79 Å². The molecule has 4 aromatic carbocycles. The van der Waals surface area contributed by atoms with Gasteiger partial charge in [-0.15, -0.1) is 0 Å². The van der Waals surface area contributed by atoms with Gasteiger partial charge in [0.25, 0.3) is 0 Å². The lowest BCUT2D eigenvalue weighted by atomic mass is 10.1. The molecule has 0 bridgehead atoms. The minimum Gasteiger partial charge on any atom is -0.307 e. The van der Waals surface area contributed by atoms with E-state index in [-0.39, 0.29) is 0 Å². The number of fused-ring (bicyclic) bond motifs is 1. The number of nitrogens with zero attached hydrogens (tertiary/aromatic N) is 2. The van der Waals surface area contributed by atoms with Gasteiger partial charge in [-0.1, -0.05) is 71.2 Å². The lowest BCUT2D eigenvalue weighted by molar-refractivity contribution is 0.259. The Labute approximate surface area is 237 Å². The van der Waals surface area contributed by atoms with Crippen molar-refractivity contribution in [2.45, 2.75) is 0 Å². The Bertz CT molecular complexity index is 1560. The van der Waals surface area contributed by atoms with E-state index in [1.807, 2.05) is 48.5 Å². The highest BCUT2D eigenvalue weighted by molar-refractivity contribution is 14.1. The lowest BCUT2D eigenvalue weighted by Crippen LogP contribution is -2.32. The number of benzene rings is 4. The van der Waals surface area contributed by atoms with E-state index >= 15 is 0 Å². The van der Waals surface area contributed by atoms with Gasteiger partial charge in [0, 0.05) is 40.7 Å². The van der Waals surface area contributed by atoms with E-state index in [1.165, 1.54) is 4.90 Å². The summed E-state index contributed by atoms with van der Waals surface area (Å²) >= 11 is 20.9. The molecular formula is C28H17Cl3IN3O. The third-order valence-electron chi connectivity index (χ3n) is 5.53. The number of pyridine rings is 1. The summed E-state index contributed by atoms with van der Waals surface area (Å²) < 4.78 is 0.961. The highest BCUT2D eigenvalue weighted by Gasteiger charge is 2.25. The van der Waals surface area contributed by atoms with Crippen LogP contribution in [0.3, 0.4) is 0 Å². The van der Waals surface area contributed by atoms with Crippen LogP contribution in [0.1, 0.15) is 0 Å². The van der Waals surface area contributed by atoms with E-state index in [2.05, 4.69) is 27.9 Å². The second-order valence-electron chi connectivity index (χ2n) is 7.90. The molecule has 178 valence electrons. The minimum absolute atomic E-state index is 0.395. The van der Waals surface area contributed by atoms with Crippen molar-refractivity contribution in [3.05, 3.63) is 116 Å². The van der Waals surface area contributed by atoms with Gasteiger partial charge in [0.05, 0.1) is 11.4 Å². The molecule has 0 fully saturated rings. The zero-order valence-corrected chi connectivity index (χ0v) is 23.0. The summed E-state index contributed by atoms with van der Waals surface area (Å²) in [5.41, 5.74) is 2.90. The van der Waals surface area contributed by atoms with Gasteiger partial charge in [0.1, 0.15) is 5.82 Å². The molecule has 8 heteroatoms. The zero-order valence-electron chi connectivity index (χ0n) is 18.6. The smallest absolute Gasteiger partial charge is 0.307 e. The molecule has 1 N–H and O–H groups in total. The molecule has 1 heterocycles. The highest BCUT2D eigenvalue weighted by atomic mass is 127. The van der Waals surface area contributed by atoms with Crippen LogP contribution in [-0.2, 0) is 0 Å². The Morgan fingerprint density at radius 1 is 0.750 bits per heavy atom. The van der Waals surface area contributed by atoms with Crippen molar-refractivity contribution < 1.29 is 4.79 Å². The second kappa shape index (κ2) is 10.6. The third kappa shape index (κ3) is 5.15. The van der Waals surface area contributed by atoms with Crippen LogP contribution in [0.5, 0.6) is 0 Å². The SMILES string of the molecule is O=C(Nc1ccc(Cl)cc1)N(c1ccc(Cl)cc1)c1nc(-c2ccccc2)c(I)c2ccc(Cl)cc12. The fraction of sp³-hybridized carbons (Fsp3) is 0. The molecule has 4 nitrogen and oxygen atoms in total. The molecule has 5 aromatic rings.